The molecule has 0 radical (unpaired) electrons. The average Bonchev–Trinajstić information content (AvgIpc) is 3.20. The van der Waals surface area contributed by atoms with Crippen LogP contribution < -0.4 is 21.3 Å². The van der Waals surface area contributed by atoms with Gasteiger partial charge in [-0.05, 0) is 42.5 Å². The summed E-state index contributed by atoms with van der Waals surface area (Å²) in [5.74, 6) is -0.606. The maximum atomic E-state index is 12.3. The number of benzene rings is 2. The molecular formula is C23H23N5O4S2. The molecule has 4 N–H and O–H groups in total. The number of thioether (sulfide) groups is 1. The van der Waals surface area contributed by atoms with Gasteiger partial charge in [-0.25, -0.2) is 4.98 Å². The molecule has 0 saturated carbocycles. The van der Waals surface area contributed by atoms with Crippen molar-refractivity contribution in [1.29, 1.82) is 0 Å². The first-order valence-electron chi connectivity index (χ1n) is 10.2. The van der Waals surface area contributed by atoms with Gasteiger partial charge in [0.15, 0.2) is 4.34 Å². The Morgan fingerprint density at radius 1 is 0.794 bits per heavy atom. The molecule has 176 valence electrons. The van der Waals surface area contributed by atoms with Crippen molar-refractivity contribution < 1.29 is 19.2 Å². The molecule has 0 fully saturated rings. The topological polar surface area (TPSA) is 129 Å². The van der Waals surface area contributed by atoms with Crippen molar-refractivity contribution in [2.24, 2.45) is 0 Å². The number of nitrogens with zero attached hydrogens (tertiary/aromatic N) is 1. The number of aromatic nitrogens is 1. The lowest BCUT2D eigenvalue weighted by atomic mass is 10.2. The molecule has 0 aliphatic carbocycles. The largest absolute Gasteiger partial charge is 0.326 e. The third kappa shape index (κ3) is 8.34. The third-order valence-electron chi connectivity index (χ3n) is 4.15. The Morgan fingerprint density at radius 2 is 1.35 bits per heavy atom. The van der Waals surface area contributed by atoms with Gasteiger partial charge >= 0.3 is 0 Å². The van der Waals surface area contributed by atoms with Crippen LogP contribution in [0.5, 0.6) is 0 Å². The highest BCUT2D eigenvalue weighted by Crippen LogP contribution is 2.24. The summed E-state index contributed by atoms with van der Waals surface area (Å²) in [6, 6.07) is 13.7. The summed E-state index contributed by atoms with van der Waals surface area (Å²) in [6.45, 7) is 2.84. The molecule has 0 aliphatic rings. The zero-order valence-corrected chi connectivity index (χ0v) is 20.1. The van der Waals surface area contributed by atoms with Crippen LogP contribution in [0.25, 0.3) is 0 Å². The zero-order chi connectivity index (χ0) is 24.5. The number of thiazole rings is 1. The van der Waals surface area contributed by atoms with Gasteiger partial charge in [-0.1, -0.05) is 17.8 Å². The third-order valence-corrected chi connectivity index (χ3v) is 6.22. The number of hydrogen-bond donors (Lipinski definition) is 4. The highest BCUT2D eigenvalue weighted by molar-refractivity contribution is 8.01. The van der Waals surface area contributed by atoms with Gasteiger partial charge in [0.05, 0.1) is 17.9 Å². The lowest BCUT2D eigenvalue weighted by molar-refractivity contribution is -0.116. The molecule has 0 aliphatic heterocycles. The minimum Gasteiger partial charge on any atom is -0.326 e. The van der Waals surface area contributed by atoms with Crippen LogP contribution in [0, 0.1) is 0 Å². The van der Waals surface area contributed by atoms with E-state index in [9.17, 15) is 19.2 Å². The van der Waals surface area contributed by atoms with Crippen molar-refractivity contribution in [2.75, 3.05) is 27.0 Å². The van der Waals surface area contributed by atoms with Gasteiger partial charge < -0.3 is 21.3 Å². The molecule has 4 amide bonds. The van der Waals surface area contributed by atoms with Crippen molar-refractivity contribution >= 4 is 69.5 Å². The second-order valence-corrected chi connectivity index (χ2v) is 9.27. The Morgan fingerprint density at radius 3 is 2.00 bits per heavy atom. The van der Waals surface area contributed by atoms with Gasteiger partial charge in [0, 0.05) is 42.0 Å². The van der Waals surface area contributed by atoms with Gasteiger partial charge in [-0.3, -0.25) is 19.2 Å². The number of carbonyl (C=O) groups excluding carboxylic acids is 4. The van der Waals surface area contributed by atoms with Gasteiger partial charge in [-0.15, -0.1) is 11.3 Å². The van der Waals surface area contributed by atoms with Crippen molar-refractivity contribution in [3.8, 4) is 0 Å². The van der Waals surface area contributed by atoms with E-state index in [-0.39, 0.29) is 35.8 Å². The Hall–Kier alpha value is -3.70. The maximum Gasteiger partial charge on any atom is 0.234 e. The quantitative estimate of drug-likeness (QED) is 0.331. The number of amides is 4. The van der Waals surface area contributed by atoms with Crippen molar-refractivity contribution in [3.63, 3.8) is 0 Å². The molecule has 1 aromatic heterocycles. The normalized spacial score (nSPS) is 10.3. The fraction of sp³-hybridized carbons (Fsp3) is 0.174. The molecule has 0 unspecified atom stereocenters. The van der Waals surface area contributed by atoms with E-state index in [1.54, 1.807) is 53.9 Å². The van der Waals surface area contributed by atoms with Crippen LogP contribution in [0.1, 0.15) is 19.5 Å². The first kappa shape index (κ1) is 24.9. The second kappa shape index (κ2) is 12.0. The van der Waals surface area contributed by atoms with Crippen LogP contribution in [0.2, 0.25) is 0 Å². The van der Waals surface area contributed by atoms with Crippen LogP contribution in [-0.2, 0) is 25.6 Å². The second-order valence-electron chi connectivity index (χ2n) is 7.19. The molecule has 0 saturated heterocycles. The van der Waals surface area contributed by atoms with E-state index in [2.05, 4.69) is 26.3 Å². The van der Waals surface area contributed by atoms with E-state index in [1.165, 1.54) is 36.9 Å². The molecule has 34 heavy (non-hydrogen) atoms. The molecule has 0 atom stereocenters. The summed E-state index contributed by atoms with van der Waals surface area (Å²) in [4.78, 5) is 51.2. The summed E-state index contributed by atoms with van der Waals surface area (Å²) in [6.07, 6.45) is 0.0915. The Bertz CT molecular complexity index is 1190. The van der Waals surface area contributed by atoms with Gasteiger partial charge in [0.25, 0.3) is 0 Å². The van der Waals surface area contributed by atoms with E-state index in [4.69, 9.17) is 0 Å². The van der Waals surface area contributed by atoms with E-state index in [0.717, 1.165) is 0 Å². The summed E-state index contributed by atoms with van der Waals surface area (Å²) in [5, 5.41) is 12.7. The number of hydrogen-bond acceptors (Lipinski definition) is 7. The lowest BCUT2D eigenvalue weighted by Gasteiger charge is -2.07. The molecular weight excluding hydrogens is 474 g/mol. The van der Waals surface area contributed by atoms with E-state index >= 15 is 0 Å². The SMILES string of the molecule is CC(=O)Nc1ccc(NC(=O)CSc2nc(CC(=O)Nc3cccc(NC(C)=O)c3)cs2)cc1. The van der Waals surface area contributed by atoms with E-state index in [1.807, 2.05) is 0 Å². The average molecular weight is 498 g/mol. The molecule has 1 heterocycles. The fourth-order valence-electron chi connectivity index (χ4n) is 2.85. The number of carbonyl (C=O) groups is 4. The lowest BCUT2D eigenvalue weighted by Crippen LogP contribution is -2.15. The first-order valence-corrected chi connectivity index (χ1v) is 12.1. The summed E-state index contributed by atoms with van der Waals surface area (Å²) in [7, 11) is 0. The Labute approximate surface area is 204 Å². The predicted molar refractivity (Wildman–Crippen MR) is 135 cm³/mol. The molecule has 0 bridgehead atoms. The van der Waals surface area contributed by atoms with E-state index in [0.29, 0.717) is 32.8 Å². The summed E-state index contributed by atoms with van der Waals surface area (Å²) in [5.41, 5.74) is 3.05. The molecule has 0 spiro atoms. The summed E-state index contributed by atoms with van der Waals surface area (Å²) < 4.78 is 0.687. The van der Waals surface area contributed by atoms with Crippen LogP contribution in [0.4, 0.5) is 22.7 Å². The monoisotopic (exact) mass is 497 g/mol. The number of nitrogens with one attached hydrogen (secondary N) is 4. The highest BCUT2D eigenvalue weighted by Gasteiger charge is 2.11. The molecule has 11 heteroatoms. The standard InChI is InChI=1S/C23H23N5O4S2/c1-14(29)24-16-6-8-17(9-7-16)26-22(32)13-34-23-28-20(12-33-23)11-21(31)27-19-5-3-4-18(10-19)25-15(2)30/h3-10,12H,11,13H2,1-2H3,(H,24,29)(H,25,30)(H,26,32)(H,27,31). The first-order chi connectivity index (χ1) is 16.3. The van der Waals surface area contributed by atoms with Crippen LogP contribution in [0.15, 0.2) is 58.3 Å². The van der Waals surface area contributed by atoms with E-state index < -0.39 is 0 Å². The maximum absolute atomic E-state index is 12.3. The van der Waals surface area contributed by atoms with Crippen LogP contribution in [-0.4, -0.2) is 34.4 Å². The summed E-state index contributed by atoms with van der Waals surface area (Å²) >= 11 is 2.65. The minimum absolute atomic E-state index is 0.0915. The van der Waals surface area contributed by atoms with Crippen LogP contribution >= 0.6 is 23.1 Å². The van der Waals surface area contributed by atoms with Gasteiger partial charge in [0.1, 0.15) is 0 Å². The zero-order valence-electron chi connectivity index (χ0n) is 18.5. The Kier molecular flexibility index (Phi) is 8.77. The van der Waals surface area contributed by atoms with Crippen molar-refractivity contribution in [2.45, 2.75) is 24.6 Å². The molecule has 3 rings (SSSR count). The fourth-order valence-corrected chi connectivity index (χ4v) is 4.49. The Balaban J connectivity index is 1.45. The molecule has 2 aromatic carbocycles. The van der Waals surface area contributed by atoms with Crippen molar-refractivity contribution in [1.82, 2.24) is 4.98 Å². The van der Waals surface area contributed by atoms with Gasteiger partial charge in [0.2, 0.25) is 23.6 Å². The molecule has 9 nitrogen and oxygen atoms in total. The number of rotatable bonds is 9. The van der Waals surface area contributed by atoms with Gasteiger partial charge in [-0.2, -0.15) is 0 Å². The molecule has 3 aromatic rings. The minimum atomic E-state index is -0.234. The highest BCUT2D eigenvalue weighted by atomic mass is 32.2. The smallest absolute Gasteiger partial charge is 0.234 e. The van der Waals surface area contributed by atoms with Crippen molar-refractivity contribution in [3.05, 3.63) is 59.6 Å². The van der Waals surface area contributed by atoms with Crippen LogP contribution in [0.3, 0.4) is 0 Å². The number of anilines is 4. The predicted octanol–water partition coefficient (Wildman–Crippen LogP) is 3.97.